The zero-order valence-corrected chi connectivity index (χ0v) is 13.5. The summed E-state index contributed by atoms with van der Waals surface area (Å²) in [5.41, 5.74) is 1.56. The first-order valence-corrected chi connectivity index (χ1v) is 7.35. The molecule has 1 amide bonds. The summed E-state index contributed by atoms with van der Waals surface area (Å²) in [7, 11) is 1.83. The van der Waals surface area contributed by atoms with Crippen molar-refractivity contribution in [3.63, 3.8) is 0 Å². The molecule has 0 aliphatic carbocycles. The SMILES string of the molecule is C=C(NC(=O)C(C(C)C)N(C)c1cccc2[nH]ccc12)C(=O)O. The summed E-state index contributed by atoms with van der Waals surface area (Å²) >= 11 is 0. The predicted molar refractivity (Wildman–Crippen MR) is 90.2 cm³/mol. The van der Waals surface area contributed by atoms with Crippen LogP contribution in [0.4, 0.5) is 5.69 Å². The van der Waals surface area contributed by atoms with Gasteiger partial charge in [0.05, 0.1) is 0 Å². The van der Waals surface area contributed by atoms with Crippen molar-refractivity contribution in [2.45, 2.75) is 19.9 Å². The molecular formula is C17H21N3O3. The fourth-order valence-corrected chi connectivity index (χ4v) is 2.73. The lowest BCUT2D eigenvalue weighted by atomic mass is 10.0. The lowest BCUT2D eigenvalue weighted by molar-refractivity contribution is -0.135. The van der Waals surface area contributed by atoms with Gasteiger partial charge in [-0.3, -0.25) is 4.79 Å². The number of hydrogen-bond donors (Lipinski definition) is 3. The van der Waals surface area contributed by atoms with E-state index in [1.54, 1.807) is 0 Å². The minimum absolute atomic E-state index is 0.0178. The molecule has 122 valence electrons. The van der Waals surface area contributed by atoms with Gasteiger partial charge in [0, 0.05) is 29.8 Å². The van der Waals surface area contributed by atoms with Crippen molar-refractivity contribution in [3.8, 4) is 0 Å². The van der Waals surface area contributed by atoms with Gasteiger partial charge < -0.3 is 20.3 Å². The van der Waals surface area contributed by atoms with E-state index in [9.17, 15) is 9.59 Å². The Bertz CT molecular complexity index is 748. The molecule has 3 N–H and O–H groups in total. The second kappa shape index (κ2) is 6.56. The number of nitrogens with one attached hydrogen (secondary N) is 2. The Morgan fingerprint density at radius 1 is 1.30 bits per heavy atom. The van der Waals surface area contributed by atoms with Gasteiger partial charge in [-0.25, -0.2) is 4.79 Å². The quantitative estimate of drug-likeness (QED) is 0.714. The van der Waals surface area contributed by atoms with E-state index in [4.69, 9.17) is 5.11 Å². The van der Waals surface area contributed by atoms with E-state index in [0.717, 1.165) is 16.6 Å². The molecule has 23 heavy (non-hydrogen) atoms. The fraction of sp³-hybridized carbons (Fsp3) is 0.294. The zero-order valence-electron chi connectivity index (χ0n) is 13.5. The molecule has 1 aromatic carbocycles. The summed E-state index contributed by atoms with van der Waals surface area (Å²) in [6.45, 7) is 7.19. The van der Waals surface area contributed by atoms with Gasteiger partial charge in [0.1, 0.15) is 11.7 Å². The van der Waals surface area contributed by atoms with Crippen molar-refractivity contribution in [2.75, 3.05) is 11.9 Å². The maximum absolute atomic E-state index is 12.5. The highest BCUT2D eigenvalue weighted by Crippen LogP contribution is 2.28. The number of hydrogen-bond acceptors (Lipinski definition) is 3. The van der Waals surface area contributed by atoms with E-state index >= 15 is 0 Å². The number of carbonyl (C=O) groups excluding carboxylic acids is 1. The van der Waals surface area contributed by atoms with E-state index in [-0.39, 0.29) is 17.5 Å². The van der Waals surface area contributed by atoms with Gasteiger partial charge in [0.2, 0.25) is 5.91 Å². The van der Waals surface area contributed by atoms with Crippen LogP contribution in [0.3, 0.4) is 0 Å². The third-order valence-corrected chi connectivity index (χ3v) is 3.80. The number of carboxylic acid groups (broad SMARTS) is 1. The lowest BCUT2D eigenvalue weighted by Crippen LogP contribution is -2.48. The number of carboxylic acids is 1. The molecular weight excluding hydrogens is 294 g/mol. The van der Waals surface area contributed by atoms with Crippen LogP contribution in [0.25, 0.3) is 10.9 Å². The average molecular weight is 315 g/mol. The Morgan fingerprint density at radius 2 is 2.00 bits per heavy atom. The first-order chi connectivity index (χ1) is 10.8. The van der Waals surface area contributed by atoms with Gasteiger partial charge in [0.15, 0.2) is 0 Å². The lowest BCUT2D eigenvalue weighted by Gasteiger charge is -2.32. The van der Waals surface area contributed by atoms with Crippen LogP contribution < -0.4 is 10.2 Å². The Kier molecular flexibility index (Phi) is 4.74. The third kappa shape index (κ3) is 3.36. The monoisotopic (exact) mass is 315 g/mol. The Balaban J connectivity index is 2.33. The Labute approximate surface area is 134 Å². The fourth-order valence-electron chi connectivity index (χ4n) is 2.73. The molecule has 0 fully saturated rings. The number of anilines is 1. The molecule has 0 spiro atoms. The maximum atomic E-state index is 12.5. The standard InChI is InChI=1S/C17H21N3O3/c1-10(2)15(16(21)19-11(3)17(22)23)20(4)14-7-5-6-13-12(14)8-9-18-13/h5-10,15,18H,3H2,1-2,4H3,(H,19,21)(H,22,23). The van der Waals surface area contributed by atoms with Gasteiger partial charge in [-0.15, -0.1) is 0 Å². The number of fused-ring (bicyclic) bond motifs is 1. The summed E-state index contributed by atoms with van der Waals surface area (Å²) < 4.78 is 0. The van der Waals surface area contributed by atoms with E-state index in [0.29, 0.717) is 0 Å². The molecule has 1 aromatic heterocycles. The normalized spacial score (nSPS) is 12.2. The number of carbonyl (C=O) groups is 2. The number of H-pyrrole nitrogens is 1. The van der Waals surface area contributed by atoms with Gasteiger partial charge in [-0.1, -0.05) is 26.5 Å². The van der Waals surface area contributed by atoms with E-state index in [1.165, 1.54) is 0 Å². The first-order valence-electron chi connectivity index (χ1n) is 7.35. The largest absolute Gasteiger partial charge is 0.477 e. The second-order valence-electron chi connectivity index (χ2n) is 5.79. The minimum atomic E-state index is -1.24. The summed E-state index contributed by atoms with van der Waals surface area (Å²) in [5, 5.41) is 12.3. The predicted octanol–water partition coefficient (Wildman–Crippen LogP) is 2.34. The van der Waals surface area contributed by atoms with Gasteiger partial charge >= 0.3 is 5.97 Å². The molecule has 0 radical (unpaired) electrons. The van der Waals surface area contributed by atoms with Crippen LogP contribution in [0.1, 0.15) is 13.8 Å². The number of aliphatic carboxylic acids is 1. The number of rotatable bonds is 6. The van der Waals surface area contributed by atoms with Crippen molar-refractivity contribution < 1.29 is 14.7 Å². The molecule has 2 rings (SSSR count). The van der Waals surface area contributed by atoms with Crippen LogP contribution in [-0.2, 0) is 9.59 Å². The number of aromatic amines is 1. The van der Waals surface area contributed by atoms with Crippen LogP contribution in [0.15, 0.2) is 42.7 Å². The molecule has 0 aliphatic heterocycles. The molecule has 1 atom stereocenters. The molecule has 6 heteroatoms. The zero-order chi connectivity index (χ0) is 17.1. The van der Waals surface area contributed by atoms with Crippen molar-refractivity contribution in [1.29, 1.82) is 0 Å². The molecule has 2 aromatic rings. The van der Waals surface area contributed by atoms with Crippen molar-refractivity contribution in [1.82, 2.24) is 10.3 Å². The van der Waals surface area contributed by atoms with E-state index in [2.05, 4.69) is 16.9 Å². The van der Waals surface area contributed by atoms with Gasteiger partial charge in [-0.2, -0.15) is 0 Å². The number of amides is 1. The highest BCUT2D eigenvalue weighted by molar-refractivity contribution is 5.98. The summed E-state index contributed by atoms with van der Waals surface area (Å²) in [5.74, 6) is -1.64. The van der Waals surface area contributed by atoms with Gasteiger partial charge in [0.25, 0.3) is 0 Å². The van der Waals surface area contributed by atoms with Crippen molar-refractivity contribution in [2.24, 2.45) is 5.92 Å². The van der Waals surface area contributed by atoms with Crippen molar-refractivity contribution >= 4 is 28.5 Å². The van der Waals surface area contributed by atoms with Crippen LogP contribution in [0.5, 0.6) is 0 Å². The molecule has 0 saturated carbocycles. The Hall–Kier alpha value is -2.76. The highest BCUT2D eigenvalue weighted by atomic mass is 16.4. The van der Waals surface area contributed by atoms with Crippen LogP contribution in [0.2, 0.25) is 0 Å². The van der Waals surface area contributed by atoms with Crippen LogP contribution in [-0.4, -0.2) is 35.1 Å². The second-order valence-corrected chi connectivity index (χ2v) is 5.79. The Morgan fingerprint density at radius 3 is 2.61 bits per heavy atom. The highest BCUT2D eigenvalue weighted by Gasteiger charge is 2.28. The third-order valence-electron chi connectivity index (χ3n) is 3.80. The molecule has 0 bridgehead atoms. The van der Waals surface area contributed by atoms with E-state index < -0.39 is 12.0 Å². The van der Waals surface area contributed by atoms with Crippen molar-refractivity contribution in [3.05, 3.63) is 42.7 Å². The maximum Gasteiger partial charge on any atom is 0.351 e. The summed E-state index contributed by atoms with van der Waals surface area (Å²) in [6, 6.07) is 7.24. The molecule has 6 nitrogen and oxygen atoms in total. The van der Waals surface area contributed by atoms with Gasteiger partial charge in [-0.05, 0) is 24.1 Å². The number of aromatic nitrogens is 1. The number of nitrogens with zero attached hydrogens (tertiary/aromatic N) is 1. The summed E-state index contributed by atoms with van der Waals surface area (Å²) in [4.78, 5) is 28.4. The van der Waals surface area contributed by atoms with E-state index in [1.807, 2.05) is 56.3 Å². The summed E-state index contributed by atoms with van der Waals surface area (Å²) in [6.07, 6.45) is 1.85. The molecule has 0 aliphatic rings. The smallest absolute Gasteiger partial charge is 0.351 e. The topological polar surface area (TPSA) is 85.4 Å². The number of benzene rings is 1. The number of likely N-dealkylation sites (N-methyl/N-ethyl adjacent to an activating group) is 1. The average Bonchev–Trinajstić information content (AvgIpc) is 2.94. The molecule has 0 saturated heterocycles. The van der Waals surface area contributed by atoms with Crippen LogP contribution >= 0.6 is 0 Å². The molecule has 1 unspecified atom stereocenters. The van der Waals surface area contributed by atoms with Crippen LogP contribution in [0, 0.1) is 5.92 Å². The molecule has 1 heterocycles. The minimum Gasteiger partial charge on any atom is -0.477 e. The first kappa shape index (κ1) is 16.6.